The van der Waals surface area contributed by atoms with Gasteiger partial charge in [-0.1, -0.05) is 30.3 Å². The molecule has 0 radical (unpaired) electrons. The molecule has 0 aromatic heterocycles. The topological polar surface area (TPSA) is 63.4 Å². The van der Waals surface area contributed by atoms with Crippen LogP contribution in [-0.4, -0.2) is 28.9 Å². The molecule has 1 rings (SSSR count). The molecule has 0 saturated carbocycles. The molecule has 0 aliphatic heterocycles. The maximum absolute atomic E-state index is 12.1. The third-order valence-corrected chi connectivity index (χ3v) is 2.16. The summed E-state index contributed by atoms with van der Waals surface area (Å²) in [7, 11) is 0. The van der Waals surface area contributed by atoms with E-state index in [1.165, 1.54) is 0 Å². The van der Waals surface area contributed by atoms with Crippen LogP contribution in [0.15, 0.2) is 30.3 Å². The van der Waals surface area contributed by atoms with E-state index >= 15 is 0 Å². The zero-order valence-corrected chi connectivity index (χ0v) is 8.04. The van der Waals surface area contributed by atoms with Gasteiger partial charge >= 0.3 is 0 Å². The Balaban J connectivity index is 2.71. The Hall–Kier alpha value is -1.49. The molecule has 0 spiro atoms. The summed E-state index contributed by atoms with van der Waals surface area (Å²) in [4.78, 5) is 9.94. The lowest BCUT2D eigenvalue weighted by Crippen LogP contribution is -2.37. The molecule has 1 N–H and O–H groups in total. The highest BCUT2D eigenvalue weighted by molar-refractivity contribution is 5.15. The van der Waals surface area contributed by atoms with E-state index < -0.39 is 23.7 Å². The summed E-state index contributed by atoms with van der Waals surface area (Å²) in [5.41, 5.74) is 0.715. The number of hydrogen-bond acceptors (Lipinski definition) is 3. The number of aliphatic hydroxyl groups excluding tert-OH is 1. The minimum Gasteiger partial charge on any atom is -0.383 e. The molecule has 0 bridgehead atoms. The van der Waals surface area contributed by atoms with Crippen LogP contribution < -0.4 is 0 Å². The highest BCUT2D eigenvalue weighted by Gasteiger charge is 2.29. The third-order valence-electron chi connectivity index (χ3n) is 2.16. The average Bonchev–Trinajstić information content (AvgIpc) is 2.26. The van der Waals surface area contributed by atoms with Crippen LogP contribution in [0.25, 0.3) is 0 Å². The number of rotatable bonds is 5. The van der Waals surface area contributed by atoms with Crippen molar-refractivity contribution in [1.29, 1.82) is 0 Å². The van der Waals surface area contributed by atoms with Gasteiger partial charge in [-0.15, -0.1) is 0 Å². The Bertz CT molecular complexity index is 318. The summed E-state index contributed by atoms with van der Waals surface area (Å²) in [5, 5.41) is 19.7. The molecular formula is C10H12FNO3. The van der Waals surface area contributed by atoms with Crippen molar-refractivity contribution in [1.82, 2.24) is 0 Å². The molecule has 4 nitrogen and oxygen atoms in total. The Labute approximate surface area is 86.5 Å². The van der Waals surface area contributed by atoms with Crippen LogP contribution in [0.1, 0.15) is 5.56 Å². The lowest BCUT2D eigenvalue weighted by Gasteiger charge is -2.12. The van der Waals surface area contributed by atoms with Gasteiger partial charge in [0, 0.05) is 11.3 Å². The summed E-state index contributed by atoms with van der Waals surface area (Å²) >= 11 is 0. The van der Waals surface area contributed by atoms with Gasteiger partial charge in [0.05, 0.1) is 0 Å². The van der Waals surface area contributed by atoms with Crippen molar-refractivity contribution in [2.45, 2.75) is 18.6 Å². The van der Waals surface area contributed by atoms with E-state index in [4.69, 9.17) is 5.11 Å². The molecule has 0 amide bonds. The van der Waals surface area contributed by atoms with Gasteiger partial charge in [0.15, 0.2) is 0 Å². The van der Waals surface area contributed by atoms with E-state index in [0.717, 1.165) is 0 Å². The first-order valence-corrected chi connectivity index (χ1v) is 4.56. The van der Waals surface area contributed by atoms with Gasteiger partial charge in [0.1, 0.15) is 12.8 Å². The second kappa shape index (κ2) is 5.41. The van der Waals surface area contributed by atoms with Crippen molar-refractivity contribution in [3.05, 3.63) is 46.0 Å². The van der Waals surface area contributed by atoms with Gasteiger partial charge in [0.2, 0.25) is 6.04 Å². The van der Waals surface area contributed by atoms with Gasteiger partial charge in [-0.25, -0.2) is 4.39 Å². The minimum atomic E-state index is -1.54. The number of aliphatic hydroxyl groups is 1. The number of nitro groups is 1. The monoisotopic (exact) mass is 213 g/mol. The molecule has 1 aromatic rings. The van der Waals surface area contributed by atoms with Crippen LogP contribution in [0.2, 0.25) is 0 Å². The molecule has 0 aliphatic carbocycles. The van der Waals surface area contributed by atoms with Gasteiger partial charge in [-0.2, -0.15) is 0 Å². The Kier molecular flexibility index (Phi) is 4.17. The Morgan fingerprint density at radius 2 is 2.00 bits per heavy atom. The van der Waals surface area contributed by atoms with Crippen LogP contribution in [0.4, 0.5) is 4.39 Å². The largest absolute Gasteiger partial charge is 0.383 e. The molecule has 1 aromatic carbocycles. The van der Waals surface area contributed by atoms with Crippen LogP contribution >= 0.6 is 0 Å². The molecule has 15 heavy (non-hydrogen) atoms. The lowest BCUT2D eigenvalue weighted by atomic mass is 10.0. The van der Waals surface area contributed by atoms with Crippen molar-refractivity contribution >= 4 is 0 Å². The number of alkyl halides is 1. The normalized spacial score (nSPS) is 14.5. The maximum Gasteiger partial charge on any atom is 0.245 e. The van der Waals surface area contributed by atoms with Crippen molar-refractivity contribution < 1.29 is 14.4 Å². The third kappa shape index (κ3) is 3.28. The predicted octanol–water partition coefficient (Wildman–Crippen LogP) is 1.20. The Morgan fingerprint density at radius 1 is 1.40 bits per heavy atom. The standard InChI is InChI=1S/C10H12FNO3/c11-7-10(13)9(12(14)15)6-8-4-2-1-3-5-8/h1-5,9-10,13H,6-7H2/t9-,10-/m0/s1. The molecular weight excluding hydrogens is 201 g/mol. The molecule has 0 fully saturated rings. The molecule has 5 heteroatoms. The van der Waals surface area contributed by atoms with Gasteiger partial charge in [-0.3, -0.25) is 10.1 Å². The Morgan fingerprint density at radius 3 is 2.47 bits per heavy atom. The second-order valence-electron chi connectivity index (χ2n) is 3.26. The number of benzene rings is 1. The maximum atomic E-state index is 12.1. The first-order chi connectivity index (χ1) is 7.15. The van der Waals surface area contributed by atoms with Crippen molar-refractivity contribution in [2.24, 2.45) is 0 Å². The van der Waals surface area contributed by atoms with E-state index in [1.807, 2.05) is 0 Å². The average molecular weight is 213 g/mol. The highest BCUT2D eigenvalue weighted by Crippen LogP contribution is 2.09. The first kappa shape index (κ1) is 11.6. The van der Waals surface area contributed by atoms with Crippen molar-refractivity contribution in [3.8, 4) is 0 Å². The predicted molar refractivity (Wildman–Crippen MR) is 52.9 cm³/mol. The van der Waals surface area contributed by atoms with E-state index in [0.29, 0.717) is 5.56 Å². The summed E-state index contributed by atoms with van der Waals surface area (Å²) in [5.74, 6) is 0. The fraction of sp³-hybridized carbons (Fsp3) is 0.400. The number of nitrogens with zero attached hydrogens (tertiary/aromatic N) is 1. The van der Waals surface area contributed by atoms with Crippen LogP contribution in [-0.2, 0) is 6.42 Å². The first-order valence-electron chi connectivity index (χ1n) is 4.56. The van der Waals surface area contributed by atoms with E-state index in [-0.39, 0.29) is 6.42 Å². The van der Waals surface area contributed by atoms with E-state index in [9.17, 15) is 14.5 Å². The van der Waals surface area contributed by atoms with Crippen LogP contribution in [0.5, 0.6) is 0 Å². The fourth-order valence-corrected chi connectivity index (χ4v) is 1.31. The van der Waals surface area contributed by atoms with E-state index in [2.05, 4.69) is 0 Å². The second-order valence-corrected chi connectivity index (χ2v) is 3.26. The lowest BCUT2D eigenvalue weighted by molar-refractivity contribution is -0.534. The summed E-state index contributed by atoms with van der Waals surface area (Å²) in [6.45, 7) is -1.10. The molecule has 0 saturated heterocycles. The number of hydrogen-bond donors (Lipinski definition) is 1. The van der Waals surface area contributed by atoms with Crippen LogP contribution in [0, 0.1) is 10.1 Å². The molecule has 2 atom stereocenters. The smallest absolute Gasteiger partial charge is 0.245 e. The minimum absolute atomic E-state index is 0.0406. The van der Waals surface area contributed by atoms with Crippen LogP contribution in [0.3, 0.4) is 0 Å². The molecule has 0 unspecified atom stereocenters. The molecule has 82 valence electrons. The zero-order valence-electron chi connectivity index (χ0n) is 8.04. The van der Waals surface area contributed by atoms with Gasteiger partial charge in [-0.05, 0) is 5.56 Å². The highest BCUT2D eigenvalue weighted by atomic mass is 19.1. The zero-order chi connectivity index (χ0) is 11.3. The van der Waals surface area contributed by atoms with E-state index in [1.54, 1.807) is 30.3 Å². The fourth-order valence-electron chi connectivity index (χ4n) is 1.31. The summed E-state index contributed by atoms with van der Waals surface area (Å²) < 4.78 is 12.1. The SMILES string of the molecule is O=[N+]([O-])[C@@H](Cc1ccccc1)[C@@H](O)CF. The quantitative estimate of drug-likeness (QED) is 0.590. The van der Waals surface area contributed by atoms with Gasteiger partial charge in [0.25, 0.3) is 0 Å². The molecule has 0 aliphatic rings. The van der Waals surface area contributed by atoms with Crippen molar-refractivity contribution in [2.75, 3.05) is 6.67 Å². The summed E-state index contributed by atoms with van der Waals surface area (Å²) in [6.07, 6.45) is -1.50. The van der Waals surface area contributed by atoms with Crippen molar-refractivity contribution in [3.63, 3.8) is 0 Å². The summed E-state index contributed by atoms with van der Waals surface area (Å²) in [6, 6.07) is 7.42. The number of halogens is 1. The van der Waals surface area contributed by atoms with Gasteiger partial charge < -0.3 is 5.11 Å². The molecule has 0 heterocycles.